The van der Waals surface area contributed by atoms with Crippen LogP contribution in [0.4, 0.5) is 5.69 Å². The third kappa shape index (κ3) is 6.38. The highest BCUT2D eigenvalue weighted by atomic mass is 35.5. The number of aryl methyl sites for hydroxylation is 1. The second kappa shape index (κ2) is 10.4. The van der Waals surface area contributed by atoms with Gasteiger partial charge in [-0.3, -0.25) is 9.59 Å². The van der Waals surface area contributed by atoms with Gasteiger partial charge in [-0.25, -0.2) is 0 Å². The van der Waals surface area contributed by atoms with Gasteiger partial charge in [-0.1, -0.05) is 30.3 Å². The summed E-state index contributed by atoms with van der Waals surface area (Å²) in [6, 6.07) is 15.4. The Kier molecular flexibility index (Phi) is 8.61. The highest BCUT2D eigenvalue weighted by Crippen LogP contribution is 2.26. The SMILES string of the molecule is Cc1cc(OC(C)c2ccccc2)ccc1NC(=O)CNC(=O)CN.Cl. The van der Waals surface area contributed by atoms with Crippen LogP contribution in [0.1, 0.15) is 24.2 Å². The smallest absolute Gasteiger partial charge is 0.243 e. The van der Waals surface area contributed by atoms with Gasteiger partial charge in [0, 0.05) is 5.69 Å². The van der Waals surface area contributed by atoms with Gasteiger partial charge in [0.1, 0.15) is 11.9 Å². The first kappa shape index (κ1) is 21.5. The first-order chi connectivity index (χ1) is 12.0. The number of hydrogen-bond donors (Lipinski definition) is 3. The summed E-state index contributed by atoms with van der Waals surface area (Å²) in [5.41, 5.74) is 7.81. The molecule has 2 amide bonds. The largest absolute Gasteiger partial charge is 0.486 e. The molecule has 0 bridgehead atoms. The van der Waals surface area contributed by atoms with Gasteiger partial charge in [-0.15, -0.1) is 12.4 Å². The lowest BCUT2D eigenvalue weighted by molar-refractivity contribution is -0.123. The van der Waals surface area contributed by atoms with Gasteiger partial charge in [0.15, 0.2) is 0 Å². The zero-order chi connectivity index (χ0) is 18.2. The van der Waals surface area contributed by atoms with E-state index >= 15 is 0 Å². The number of nitrogens with two attached hydrogens (primary N) is 1. The van der Waals surface area contributed by atoms with Crippen LogP contribution in [-0.4, -0.2) is 24.9 Å². The molecule has 0 radical (unpaired) electrons. The molecule has 1 atom stereocenters. The maximum atomic E-state index is 11.8. The summed E-state index contributed by atoms with van der Waals surface area (Å²) < 4.78 is 5.95. The number of ether oxygens (including phenoxy) is 1. The lowest BCUT2D eigenvalue weighted by atomic mass is 10.1. The molecular weight excluding hydrogens is 354 g/mol. The van der Waals surface area contributed by atoms with E-state index in [-0.39, 0.29) is 43.4 Å². The standard InChI is InChI=1S/C19H23N3O3.ClH/c1-13-10-16(25-14(2)15-6-4-3-5-7-15)8-9-17(13)22-19(24)12-21-18(23)11-20;/h3-10,14H,11-12,20H2,1-2H3,(H,21,23)(H,22,24);1H. The molecule has 26 heavy (non-hydrogen) atoms. The predicted octanol–water partition coefficient (Wildman–Crippen LogP) is 2.57. The first-order valence-electron chi connectivity index (χ1n) is 8.08. The van der Waals surface area contributed by atoms with Crippen LogP contribution in [-0.2, 0) is 9.59 Å². The Hall–Kier alpha value is -2.57. The molecule has 6 nitrogen and oxygen atoms in total. The Morgan fingerprint density at radius 3 is 2.42 bits per heavy atom. The topological polar surface area (TPSA) is 93.5 Å². The number of benzene rings is 2. The Bertz CT molecular complexity index is 738. The second-order valence-corrected chi connectivity index (χ2v) is 5.68. The lowest BCUT2D eigenvalue weighted by Crippen LogP contribution is -2.36. The normalized spacial score (nSPS) is 11.0. The lowest BCUT2D eigenvalue weighted by Gasteiger charge is -2.16. The molecular formula is C19H24ClN3O3. The molecule has 0 spiro atoms. The monoisotopic (exact) mass is 377 g/mol. The van der Waals surface area contributed by atoms with Gasteiger partial charge < -0.3 is 21.1 Å². The van der Waals surface area contributed by atoms with E-state index in [1.165, 1.54) is 0 Å². The van der Waals surface area contributed by atoms with Gasteiger partial charge in [0.2, 0.25) is 11.8 Å². The summed E-state index contributed by atoms with van der Waals surface area (Å²) >= 11 is 0. The number of nitrogens with one attached hydrogen (secondary N) is 2. The quantitative estimate of drug-likeness (QED) is 0.691. The van der Waals surface area contributed by atoms with Crippen molar-refractivity contribution in [2.45, 2.75) is 20.0 Å². The van der Waals surface area contributed by atoms with Crippen LogP contribution in [0, 0.1) is 6.92 Å². The third-order valence-corrected chi connectivity index (χ3v) is 3.69. The summed E-state index contributed by atoms with van der Waals surface area (Å²) in [5, 5.41) is 5.18. The number of rotatable bonds is 7. The van der Waals surface area contributed by atoms with E-state index in [0.717, 1.165) is 16.9 Å². The minimum absolute atomic E-state index is 0. The summed E-state index contributed by atoms with van der Waals surface area (Å²) in [6.45, 7) is 3.62. The molecule has 2 aromatic rings. The molecule has 0 fully saturated rings. The van der Waals surface area contributed by atoms with E-state index in [2.05, 4.69) is 10.6 Å². The number of anilines is 1. The average molecular weight is 378 g/mol. The van der Waals surface area contributed by atoms with Gasteiger partial charge in [0.25, 0.3) is 0 Å². The van der Waals surface area contributed by atoms with Crippen molar-refractivity contribution in [1.29, 1.82) is 0 Å². The zero-order valence-corrected chi connectivity index (χ0v) is 15.6. The molecule has 140 valence electrons. The zero-order valence-electron chi connectivity index (χ0n) is 14.8. The van der Waals surface area contributed by atoms with E-state index in [1.54, 1.807) is 12.1 Å². The van der Waals surface area contributed by atoms with Crippen molar-refractivity contribution in [3.8, 4) is 5.75 Å². The van der Waals surface area contributed by atoms with Crippen LogP contribution in [0.5, 0.6) is 5.75 Å². The van der Waals surface area contributed by atoms with Gasteiger partial charge in [-0.05, 0) is 43.2 Å². The molecule has 7 heteroatoms. The van der Waals surface area contributed by atoms with Gasteiger partial charge in [-0.2, -0.15) is 0 Å². The average Bonchev–Trinajstić information content (AvgIpc) is 2.62. The van der Waals surface area contributed by atoms with Crippen molar-refractivity contribution in [2.75, 3.05) is 18.4 Å². The molecule has 1 unspecified atom stereocenters. The van der Waals surface area contributed by atoms with E-state index in [0.29, 0.717) is 5.69 Å². The fraction of sp³-hybridized carbons (Fsp3) is 0.263. The maximum absolute atomic E-state index is 11.8. The van der Waals surface area contributed by atoms with Crippen molar-refractivity contribution in [2.24, 2.45) is 5.73 Å². The maximum Gasteiger partial charge on any atom is 0.243 e. The highest BCUT2D eigenvalue weighted by molar-refractivity contribution is 5.95. The molecule has 0 aromatic heterocycles. The van der Waals surface area contributed by atoms with Crippen LogP contribution in [0.15, 0.2) is 48.5 Å². The Morgan fingerprint density at radius 1 is 1.12 bits per heavy atom. The summed E-state index contributed by atoms with van der Waals surface area (Å²) in [5.74, 6) is 0.0463. The van der Waals surface area contributed by atoms with E-state index < -0.39 is 0 Å². The molecule has 0 saturated heterocycles. The van der Waals surface area contributed by atoms with Crippen LogP contribution in [0.2, 0.25) is 0 Å². The van der Waals surface area contributed by atoms with E-state index in [1.807, 2.05) is 50.2 Å². The van der Waals surface area contributed by atoms with Crippen LogP contribution >= 0.6 is 12.4 Å². The van der Waals surface area contributed by atoms with E-state index in [4.69, 9.17) is 10.5 Å². The molecule has 4 N–H and O–H groups in total. The molecule has 0 heterocycles. The molecule has 2 aromatic carbocycles. The molecule has 0 aliphatic rings. The summed E-state index contributed by atoms with van der Waals surface area (Å²) in [7, 11) is 0. The Morgan fingerprint density at radius 2 is 1.81 bits per heavy atom. The number of halogens is 1. The van der Waals surface area contributed by atoms with Crippen LogP contribution in [0.25, 0.3) is 0 Å². The minimum atomic E-state index is -0.370. The van der Waals surface area contributed by atoms with Gasteiger partial charge in [0.05, 0.1) is 13.1 Å². The fourth-order valence-corrected chi connectivity index (χ4v) is 2.29. The van der Waals surface area contributed by atoms with Crippen molar-refractivity contribution in [3.63, 3.8) is 0 Å². The second-order valence-electron chi connectivity index (χ2n) is 5.68. The van der Waals surface area contributed by atoms with Crippen LogP contribution < -0.4 is 21.1 Å². The van der Waals surface area contributed by atoms with Gasteiger partial charge >= 0.3 is 0 Å². The Balaban J connectivity index is 0.00000338. The molecule has 0 aliphatic carbocycles. The number of carbonyl (C=O) groups is 2. The number of carbonyl (C=O) groups excluding carboxylic acids is 2. The molecule has 2 rings (SSSR count). The van der Waals surface area contributed by atoms with Crippen molar-refractivity contribution >= 4 is 29.9 Å². The predicted molar refractivity (Wildman–Crippen MR) is 105 cm³/mol. The fourth-order valence-electron chi connectivity index (χ4n) is 2.29. The first-order valence-corrected chi connectivity index (χ1v) is 8.08. The summed E-state index contributed by atoms with van der Waals surface area (Å²) in [6.07, 6.45) is -0.0764. The highest BCUT2D eigenvalue weighted by Gasteiger charge is 2.10. The number of hydrogen-bond acceptors (Lipinski definition) is 4. The third-order valence-electron chi connectivity index (χ3n) is 3.69. The van der Waals surface area contributed by atoms with Crippen molar-refractivity contribution in [3.05, 3.63) is 59.7 Å². The Labute approximate surface area is 159 Å². The summed E-state index contributed by atoms with van der Waals surface area (Å²) in [4.78, 5) is 22.9. The van der Waals surface area contributed by atoms with Crippen molar-refractivity contribution in [1.82, 2.24) is 5.32 Å². The van der Waals surface area contributed by atoms with E-state index in [9.17, 15) is 9.59 Å². The number of amides is 2. The molecule has 0 saturated carbocycles. The molecule has 0 aliphatic heterocycles. The van der Waals surface area contributed by atoms with Crippen LogP contribution in [0.3, 0.4) is 0 Å². The minimum Gasteiger partial charge on any atom is -0.486 e. The van der Waals surface area contributed by atoms with Crippen molar-refractivity contribution < 1.29 is 14.3 Å².